The first-order valence-electron chi connectivity index (χ1n) is 13.3. The Labute approximate surface area is 213 Å². The van der Waals surface area contributed by atoms with E-state index in [1.165, 1.54) is 6.42 Å². The molecule has 1 saturated carbocycles. The number of para-hydroxylation sites is 1. The van der Waals surface area contributed by atoms with Gasteiger partial charge in [0.2, 0.25) is 0 Å². The van der Waals surface area contributed by atoms with Crippen molar-refractivity contribution < 1.29 is 14.6 Å². The van der Waals surface area contributed by atoms with Crippen LogP contribution in [0.5, 0.6) is 0 Å². The van der Waals surface area contributed by atoms with Crippen molar-refractivity contribution in [1.29, 1.82) is 5.41 Å². The Morgan fingerprint density at radius 1 is 1.08 bits per heavy atom. The largest absolute Gasteiger partial charge is 0.477 e. The topological polar surface area (TPSA) is 102 Å². The van der Waals surface area contributed by atoms with Crippen LogP contribution in [0, 0.1) is 17.2 Å². The molecule has 192 valence electrons. The van der Waals surface area contributed by atoms with Crippen molar-refractivity contribution >= 4 is 28.9 Å². The van der Waals surface area contributed by atoms with E-state index in [-0.39, 0.29) is 11.6 Å². The quantitative estimate of drug-likeness (QED) is 0.440. The highest BCUT2D eigenvalue weighted by atomic mass is 16.5. The molecule has 2 aliphatic heterocycles. The fraction of sp³-hybridized carbons (Fsp3) is 0.536. The highest BCUT2D eigenvalue weighted by Gasteiger charge is 2.31. The van der Waals surface area contributed by atoms with E-state index in [9.17, 15) is 9.90 Å². The van der Waals surface area contributed by atoms with Crippen molar-refractivity contribution in [2.24, 2.45) is 11.8 Å². The van der Waals surface area contributed by atoms with E-state index < -0.39 is 5.97 Å². The van der Waals surface area contributed by atoms with E-state index >= 15 is 0 Å². The number of aromatic carboxylic acids is 1. The van der Waals surface area contributed by atoms with Gasteiger partial charge in [0.1, 0.15) is 5.82 Å². The van der Waals surface area contributed by atoms with E-state index in [2.05, 4.69) is 20.1 Å². The van der Waals surface area contributed by atoms with Gasteiger partial charge >= 0.3 is 5.97 Å². The molecule has 1 aromatic carbocycles. The number of benzene rings is 1. The second-order valence-corrected chi connectivity index (χ2v) is 10.3. The summed E-state index contributed by atoms with van der Waals surface area (Å²) in [6.07, 6.45) is 6.50. The molecule has 1 aliphatic carbocycles. The molecule has 3 N–H and O–H groups in total. The fourth-order valence-corrected chi connectivity index (χ4v) is 5.46. The lowest BCUT2D eigenvalue weighted by Gasteiger charge is -2.37. The standard InChI is InChI=1S/C28H37N5O3/c29-26(21-5-4-6-21)25-24(19-23(28(34)35)31-27(25)30-22-7-2-1-3-8-22)33-13-10-20(11-14-33)9-12-32-15-17-36-18-16-32/h1-3,7-8,19-21,29H,4-6,9-18H2,(H,30,31)(H,34,35). The lowest BCUT2D eigenvalue weighted by Crippen LogP contribution is -2.39. The number of ether oxygens (including phenoxy) is 1. The minimum atomic E-state index is -1.05. The van der Waals surface area contributed by atoms with Gasteiger partial charge in [-0.3, -0.25) is 4.90 Å². The van der Waals surface area contributed by atoms with Crippen LogP contribution < -0.4 is 10.2 Å². The lowest BCUT2D eigenvalue weighted by atomic mass is 9.78. The maximum absolute atomic E-state index is 12.0. The van der Waals surface area contributed by atoms with Gasteiger partial charge in [-0.05, 0) is 62.8 Å². The molecule has 36 heavy (non-hydrogen) atoms. The van der Waals surface area contributed by atoms with Crippen LogP contribution >= 0.6 is 0 Å². The fourth-order valence-electron chi connectivity index (χ4n) is 5.46. The summed E-state index contributed by atoms with van der Waals surface area (Å²) in [5, 5.41) is 22.3. The summed E-state index contributed by atoms with van der Waals surface area (Å²) in [5.41, 5.74) is 3.03. The number of pyridine rings is 1. The molecule has 3 fully saturated rings. The van der Waals surface area contributed by atoms with Gasteiger partial charge in [0, 0.05) is 43.5 Å². The minimum Gasteiger partial charge on any atom is -0.477 e. The monoisotopic (exact) mass is 491 g/mol. The van der Waals surface area contributed by atoms with Gasteiger partial charge in [-0.15, -0.1) is 0 Å². The Hall–Kier alpha value is -2.97. The molecule has 0 spiro atoms. The Balaban J connectivity index is 1.38. The Kier molecular flexibility index (Phi) is 7.82. The van der Waals surface area contributed by atoms with E-state index in [0.717, 1.165) is 95.0 Å². The van der Waals surface area contributed by atoms with Gasteiger partial charge in [0.05, 0.1) is 24.5 Å². The predicted molar refractivity (Wildman–Crippen MR) is 142 cm³/mol. The highest BCUT2D eigenvalue weighted by Crippen LogP contribution is 2.38. The number of carbonyl (C=O) groups is 1. The number of hydrogen-bond donors (Lipinski definition) is 3. The number of carboxylic acids is 1. The zero-order valence-electron chi connectivity index (χ0n) is 20.9. The molecule has 0 radical (unpaired) electrons. The van der Waals surface area contributed by atoms with Crippen molar-refractivity contribution in [3.63, 3.8) is 0 Å². The molecule has 3 aliphatic rings. The van der Waals surface area contributed by atoms with Crippen LogP contribution in [0.25, 0.3) is 0 Å². The van der Waals surface area contributed by atoms with E-state index in [1.807, 2.05) is 30.3 Å². The number of morpholine rings is 1. The second-order valence-electron chi connectivity index (χ2n) is 10.3. The first-order chi connectivity index (χ1) is 17.6. The Morgan fingerprint density at radius 3 is 2.44 bits per heavy atom. The minimum absolute atomic E-state index is 0.0167. The van der Waals surface area contributed by atoms with E-state index in [4.69, 9.17) is 10.1 Å². The van der Waals surface area contributed by atoms with Crippen LogP contribution in [-0.4, -0.2) is 72.6 Å². The SMILES string of the molecule is N=C(c1c(N2CCC(CCN3CCOCC3)CC2)cc(C(=O)O)nc1Nc1ccccc1)C1CCC1. The second kappa shape index (κ2) is 11.4. The molecular formula is C28H37N5O3. The highest BCUT2D eigenvalue weighted by molar-refractivity contribution is 6.10. The third-order valence-corrected chi connectivity index (χ3v) is 7.95. The molecule has 0 bridgehead atoms. The van der Waals surface area contributed by atoms with E-state index in [0.29, 0.717) is 17.4 Å². The lowest BCUT2D eigenvalue weighted by molar-refractivity contribution is 0.0349. The third-order valence-electron chi connectivity index (χ3n) is 7.95. The number of hydrogen-bond acceptors (Lipinski definition) is 7. The number of nitrogens with zero attached hydrogens (tertiary/aromatic N) is 3. The molecule has 8 nitrogen and oxygen atoms in total. The molecule has 0 unspecified atom stereocenters. The Bertz CT molecular complexity index is 1060. The number of rotatable bonds is 9. The van der Waals surface area contributed by atoms with Gasteiger partial charge in [-0.25, -0.2) is 9.78 Å². The van der Waals surface area contributed by atoms with Crippen LogP contribution in [0.3, 0.4) is 0 Å². The molecule has 1 aromatic heterocycles. The molecule has 0 atom stereocenters. The molecule has 0 amide bonds. The van der Waals surface area contributed by atoms with Crippen LogP contribution in [0.2, 0.25) is 0 Å². The summed E-state index contributed by atoms with van der Waals surface area (Å²) >= 11 is 0. The first-order valence-corrected chi connectivity index (χ1v) is 13.3. The maximum Gasteiger partial charge on any atom is 0.354 e. The van der Waals surface area contributed by atoms with Gasteiger partial charge in [-0.2, -0.15) is 0 Å². The smallest absolute Gasteiger partial charge is 0.354 e. The number of piperidine rings is 1. The average Bonchev–Trinajstić information content (AvgIpc) is 2.87. The summed E-state index contributed by atoms with van der Waals surface area (Å²) < 4.78 is 5.47. The zero-order valence-corrected chi connectivity index (χ0v) is 20.9. The molecular weight excluding hydrogens is 454 g/mol. The molecule has 8 heteroatoms. The number of carboxylic acid groups (broad SMARTS) is 1. The van der Waals surface area contributed by atoms with Gasteiger partial charge in [0.15, 0.2) is 5.69 Å². The van der Waals surface area contributed by atoms with Gasteiger partial charge in [0.25, 0.3) is 0 Å². The van der Waals surface area contributed by atoms with Gasteiger partial charge in [-0.1, -0.05) is 24.6 Å². The van der Waals surface area contributed by atoms with Crippen LogP contribution in [-0.2, 0) is 4.74 Å². The van der Waals surface area contributed by atoms with Crippen LogP contribution in [0.1, 0.15) is 54.6 Å². The van der Waals surface area contributed by atoms with Crippen molar-refractivity contribution in [3.8, 4) is 0 Å². The molecule has 2 saturated heterocycles. The van der Waals surface area contributed by atoms with Crippen LogP contribution in [0.15, 0.2) is 36.4 Å². The van der Waals surface area contributed by atoms with Crippen LogP contribution in [0.4, 0.5) is 17.2 Å². The number of anilines is 3. The average molecular weight is 492 g/mol. The van der Waals surface area contributed by atoms with Crippen molar-refractivity contribution in [2.75, 3.05) is 56.2 Å². The van der Waals surface area contributed by atoms with Crippen molar-refractivity contribution in [3.05, 3.63) is 47.7 Å². The Morgan fingerprint density at radius 2 is 1.81 bits per heavy atom. The molecule has 2 aromatic rings. The zero-order chi connectivity index (χ0) is 24.9. The van der Waals surface area contributed by atoms with Crippen molar-refractivity contribution in [2.45, 2.75) is 38.5 Å². The number of nitrogens with one attached hydrogen (secondary N) is 2. The summed E-state index contributed by atoms with van der Waals surface area (Å²) in [7, 11) is 0. The summed E-state index contributed by atoms with van der Waals surface area (Å²) in [5.74, 6) is 0.307. The summed E-state index contributed by atoms with van der Waals surface area (Å²) in [6, 6.07) is 11.4. The first kappa shape index (κ1) is 24.7. The third kappa shape index (κ3) is 5.71. The summed E-state index contributed by atoms with van der Waals surface area (Å²) in [6.45, 7) is 6.58. The summed E-state index contributed by atoms with van der Waals surface area (Å²) in [4.78, 5) is 21.3. The molecule has 5 rings (SSSR count). The van der Waals surface area contributed by atoms with E-state index in [1.54, 1.807) is 6.07 Å². The van der Waals surface area contributed by atoms with Crippen molar-refractivity contribution in [1.82, 2.24) is 9.88 Å². The maximum atomic E-state index is 12.0. The normalized spacial score (nSPS) is 19.6. The molecule has 3 heterocycles. The predicted octanol–water partition coefficient (Wildman–Crippen LogP) is 4.63. The van der Waals surface area contributed by atoms with Gasteiger partial charge < -0.3 is 25.5 Å². The number of aromatic nitrogens is 1.